The zero-order chi connectivity index (χ0) is 10.8. The summed E-state index contributed by atoms with van der Waals surface area (Å²) in [5.41, 5.74) is 7.46. The van der Waals surface area contributed by atoms with E-state index < -0.39 is 0 Å². The molecule has 0 aliphatic carbocycles. The predicted octanol–water partition coefficient (Wildman–Crippen LogP) is 2.27. The lowest BCUT2D eigenvalue weighted by atomic mass is 10.1. The summed E-state index contributed by atoms with van der Waals surface area (Å²) in [4.78, 5) is 4.16. The fraction of sp³-hybridized carbons (Fsp3) is 0.200. The summed E-state index contributed by atoms with van der Waals surface area (Å²) in [6, 6.07) is 5.93. The van der Waals surface area contributed by atoms with E-state index in [0.717, 1.165) is 10.0 Å². The van der Waals surface area contributed by atoms with Gasteiger partial charge in [-0.15, -0.1) is 0 Å². The monoisotopic (exact) mass is 267 g/mol. The summed E-state index contributed by atoms with van der Waals surface area (Å²) >= 11 is 3.46. The Morgan fingerprint density at radius 3 is 2.87 bits per heavy atom. The van der Waals surface area contributed by atoms with Gasteiger partial charge in [-0.25, -0.2) is 0 Å². The summed E-state index contributed by atoms with van der Waals surface area (Å²) in [6.45, 7) is 2.31. The fourth-order valence-corrected chi connectivity index (χ4v) is 1.90. The Balaban J connectivity index is 2.44. The van der Waals surface area contributed by atoms with Gasteiger partial charge in [0, 0.05) is 4.47 Å². The lowest BCUT2D eigenvalue weighted by Crippen LogP contribution is -1.97. The van der Waals surface area contributed by atoms with Crippen LogP contribution in [0.15, 0.2) is 27.2 Å². The SMILES string of the molecule is Cc1ccc(-c2nc(CN)no2)c(Br)c1. The van der Waals surface area contributed by atoms with Crippen LogP contribution >= 0.6 is 15.9 Å². The topological polar surface area (TPSA) is 64.9 Å². The Morgan fingerprint density at radius 1 is 1.47 bits per heavy atom. The largest absolute Gasteiger partial charge is 0.334 e. The second kappa shape index (κ2) is 4.12. The van der Waals surface area contributed by atoms with Gasteiger partial charge in [0.25, 0.3) is 5.89 Å². The summed E-state index contributed by atoms with van der Waals surface area (Å²) in [7, 11) is 0. The van der Waals surface area contributed by atoms with Crippen LogP contribution in [0.2, 0.25) is 0 Å². The summed E-state index contributed by atoms with van der Waals surface area (Å²) < 4.78 is 6.03. The van der Waals surface area contributed by atoms with Crippen molar-refractivity contribution in [3.63, 3.8) is 0 Å². The smallest absolute Gasteiger partial charge is 0.259 e. The van der Waals surface area contributed by atoms with Crippen molar-refractivity contribution in [1.29, 1.82) is 0 Å². The predicted molar refractivity (Wildman–Crippen MR) is 60.1 cm³/mol. The lowest BCUT2D eigenvalue weighted by molar-refractivity contribution is 0.422. The molecule has 78 valence electrons. The molecule has 2 N–H and O–H groups in total. The Morgan fingerprint density at radius 2 is 2.27 bits per heavy atom. The van der Waals surface area contributed by atoms with E-state index in [9.17, 15) is 0 Å². The highest BCUT2D eigenvalue weighted by molar-refractivity contribution is 9.10. The molecule has 1 aromatic heterocycles. The van der Waals surface area contributed by atoms with Crippen molar-refractivity contribution in [1.82, 2.24) is 10.1 Å². The molecular weight excluding hydrogens is 258 g/mol. The Kier molecular flexibility index (Phi) is 2.83. The molecule has 0 spiro atoms. The maximum Gasteiger partial charge on any atom is 0.259 e. The van der Waals surface area contributed by atoms with E-state index in [2.05, 4.69) is 26.1 Å². The second-order valence-corrected chi connectivity index (χ2v) is 4.06. The van der Waals surface area contributed by atoms with Gasteiger partial charge in [0.2, 0.25) is 0 Å². The maximum atomic E-state index is 5.41. The molecule has 1 aromatic carbocycles. The molecule has 0 amide bonds. The summed E-state index contributed by atoms with van der Waals surface area (Å²) in [5.74, 6) is 1.000. The van der Waals surface area contributed by atoms with E-state index >= 15 is 0 Å². The van der Waals surface area contributed by atoms with E-state index in [1.54, 1.807) is 0 Å². The first-order valence-electron chi connectivity index (χ1n) is 4.50. The van der Waals surface area contributed by atoms with Crippen molar-refractivity contribution >= 4 is 15.9 Å². The van der Waals surface area contributed by atoms with Crippen molar-refractivity contribution in [3.8, 4) is 11.5 Å². The molecule has 0 atom stereocenters. The molecule has 0 aliphatic rings. The van der Waals surface area contributed by atoms with Gasteiger partial charge >= 0.3 is 0 Å². The van der Waals surface area contributed by atoms with Gasteiger partial charge in [0.15, 0.2) is 5.82 Å². The number of benzene rings is 1. The average molecular weight is 268 g/mol. The first kappa shape index (κ1) is 10.3. The molecule has 0 saturated carbocycles. The molecular formula is C10H10BrN3O. The van der Waals surface area contributed by atoms with Gasteiger partial charge in [-0.2, -0.15) is 4.98 Å². The van der Waals surface area contributed by atoms with E-state index in [-0.39, 0.29) is 6.54 Å². The zero-order valence-corrected chi connectivity index (χ0v) is 9.78. The number of halogens is 1. The Bertz CT molecular complexity index is 481. The van der Waals surface area contributed by atoms with Crippen molar-refractivity contribution in [3.05, 3.63) is 34.1 Å². The summed E-state index contributed by atoms with van der Waals surface area (Å²) in [6.07, 6.45) is 0. The van der Waals surface area contributed by atoms with Crippen molar-refractivity contribution in [2.45, 2.75) is 13.5 Å². The third-order valence-corrected chi connectivity index (χ3v) is 2.66. The minimum atomic E-state index is 0.285. The molecule has 0 aliphatic heterocycles. The normalized spacial score (nSPS) is 10.6. The highest BCUT2D eigenvalue weighted by Gasteiger charge is 2.10. The van der Waals surface area contributed by atoms with Crippen LogP contribution in [-0.2, 0) is 6.54 Å². The van der Waals surface area contributed by atoms with E-state index in [0.29, 0.717) is 11.7 Å². The third-order valence-electron chi connectivity index (χ3n) is 2.01. The third kappa shape index (κ3) is 2.08. The maximum absolute atomic E-state index is 5.41. The van der Waals surface area contributed by atoms with Crippen LogP contribution in [-0.4, -0.2) is 10.1 Å². The first-order chi connectivity index (χ1) is 7.20. The highest BCUT2D eigenvalue weighted by Crippen LogP contribution is 2.27. The first-order valence-corrected chi connectivity index (χ1v) is 5.29. The van der Waals surface area contributed by atoms with Gasteiger partial charge < -0.3 is 10.3 Å². The molecule has 5 heteroatoms. The highest BCUT2D eigenvalue weighted by atomic mass is 79.9. The molecule has 4 nitrogen and oxygen atoms in total. The zero-order valence-electron chi connectivity index (χ0n) is 8.20. The average Bonchev–Trinajstić information content (AvgIpc) is 2.66. The van der Waals surface area contributed by atoms with Crippen LogP contribution in [0.25, 0.3) is 11.5 Å². The van der Waals surface area contributed by atoms with Gasteiger partial charge in [0.05, 0.1) is 12.1 Å². The quantitative estimate of drug-likeness (QED) is 0.907. The second-order valence-electron chi connectivity index (χ2n) is 3.20. The van der Waals surface area contributed by atoms with Crippen molar-refractivity contribution in [2.24, 2.45) is 5.73 Å². The number of hydrogen-bond acceptors (Lipinski definition) is 4. The minimum Gasteiger partial charge on any atom is -0.334 e. The Hall–Kier alpha value is -1.20. The van der Waals surface area contributed by atoms with Gasteiger partial charge in [-0.3, -0.25) is 0 Å². The molecule has 2 rings (SSSR count). The standard InChI is InChI=1S/C10H10BrN3O/c1-6-2-3-7(8(11)4-6)10-13-9(5-12)14-15-10/h2-4H,5,12H2,1H3. The fourth-order valence-electron chi connectivity index (χ4n) is 1.24. The number of aromatic nitrogens is 2. The minimum absolute atomic E-state index is 0.285. The van der Waals surface area contributed by atoms with Gasteiger partial charge in [-0.05, 0) is 40.5 Å². The number of hydrogen-bond donors (Lipinski definition) is 1. The number of nitrogens with two attached hydrogens (primary N) is 1. The van der Waals surface area contributed by atoms with Crippen LogP contribution in [0, 0.1) is 6.92 Å². The number of nitrogens with zero attached hydrogens (tertiary/aromatic N) is 2. The van der Waals surface area contributed by atoms with Crippen LogP contribution in [0.4, 0.5) is 0 Å². The van der Waals surface area contributed by atoms with Crippen LogP contribution in [0.3, 0.4) is 0 Å². The van der Waals surface area contributed by atoms with E-state index in [4.69, 9.17) is 10.3 Å². The van der Waals surface area contributed by atoms with Gasteiger partial charge in [0.1, 0.15) is 0 Å². The van der Waals surface area contributed by atoms with Crippen LogP contribution < -0.4 is 5.73 Å². The molecule has 0 unspecified atom stereocenters. The summed E-state index contributed by atoms with van der Waals surface area (Å²) in [5, 5.41) is 3.74. The molecule has 0 bridgehead atoms. The van der Waals surface area contributed by atoms with Crippen LogP contribution in [0.1, 0.15) is 11.4 Å². The lowest BCUT2D eigenvalue weighted by Gasteiger charge is -1.99. The van der Waals surface area contributed by atoms with Gasteiger partial charge in [-0.1, -0.05) is 11.2 Å². The molecule has 1 heterocycles. The molecule has 15 heavy (non-hydrogen) atoms. The van der Waals surface area contributed by atoms with E-state index in [1.807, 2.05) is 25.1 Å². The molecule has 0 radical (unpaired) electrons. The molecule has 0 saturated heterocycles. The van der Waals surface area contributed by atoms with E-state index in [1.165, 1.54) is 5.56 Å². The Labute approximate surface area is 95.6 Å². The number of rotatable bonds is 2. The number of aryl methyl sites for hydroxylation is 1. The van der Waals surface area contributed by atoms with Crippen molar-refractivity contribution in [2.75, 3.05) is 0 Å². The van der Waals surface area contributed by atoms with Crippen molar-refractivity contribution < 1.29 is 4.52 Å². The van der Waals surface area contributed by atoms with Crippen LogP contribution in [0.5, 0.6) is 0 Å². The molecule has 0 fully saturated rings. The molecule has 2 aromatic rings.